The molecule has 1 heterocycles. The molecule has 0 saturated heterocycles. The Morgan fingerprint density at radius 3 is 2.68 bits per heavy atom. The van der Waals surface area contributed by atoms with E-state index >= 15 is 0 Å². The number of aromatic amines is 1. The molecule has 0 aliphatic rings. The molecule has 5 nitrogen and oxygen atoms in total. The third-order valence-corrected chi connectivity index (χ3v) is 4.42. The first-order valence-corrected chi connectivity index (χ1v) is 9.11. The molecular weight excluding hydrogens is 316 g/mol. The van der Waals surface area contributed by atoms with E-state index in [-0.39, 0.29) is 11.4 Å². The summed E-state index contributed by atoms with van der Waals surface area (Å²) < 4.78 is 5.17. The maximum absolute atomic E-state index is 13.0. The minimum absolute atomic E-state index is 0.00670. The van der Waals surface area contributed by atoms with Crippen LogP contribution in [0.4, 0.5) is 0 Å². The van der Waals surface area contributed by atoms with Gasteiger partial charge in [0.05, 0.1) is 31.3 Å². The fraction of sp³-hybridized carbons (Fsp3) is 0.500. The molecule has 0 amide bonds. The second kappa shape index (κ2) is 8.81. The Labute approximate surface area is 149 Å². The smallest absolute Gasteiger partial charge is 0.338 e. The molecule has 1 unspecified atom stereocenters. The first-order valence-electron chi connectivity index (χ1n) is 9.11. The lowest BCUT2D eigenvalue weighted by atomic mass is 10.1. The number of carbonyl (C=O) groups is 1. The van der Waals surface area contributed by atoms with Crippen molar-refractivity contribution in [2.24, 2.45) is 0 Å². The van der Waals surface area contributed by atoms with Crippen LogP contribution in [-0.4, -0.2) is 31.2 Å². The third kappa shape index (κ3) is 4.69. The molecule has 2 aromatic rings. The van der Waals surface area contributed by atoms with Gasteiger partial charge in [0.1, 0.15) is 6.54 Å². The van der Waals surface area contributed by atoms with Crippen LogP contribution in [0.1, 0.15) is 54.7 Å². The summed E-state index contributed by atoms with van der Waals surface area (Å²) in [6, 6.07) is 5.13. The van der Waals surface area contributed by atoms with Gasteiger partial charge in [-0.3, -0.25) is 4.79 Å². The Kier molecular flexibility index (Phi) is 6.76. The maximum atomic E-state index is 13.0. The third-order valence-electron chi connectivity index (χ3n) is 4.42. The number of ether oxygens (including phenoxy) is 1. The quantitative estimate of drug-likeness (QED) is 0.721. The molecule has 25 heavy (non-hydrogen) atoms. The van der Waals surface area contributed by atoms with Crippen LogP contribution in [0.2, 0.25) is 0 Å². The summed E-state index contributed by atoms with van der Waals surface area (Å²) in [5.74, 6) is -0.379. The number of unbranched alkanes of at least 4 members (excludes halogenated alkanes) is 1. The van der Waals surface area contributed by atoms with Gasteiger partial charge in [0.25, 0.3) is 0 Å². The van der Waals surface area contributed by atoms with Crippen LogP contribution in [0, 0.1) is 6.92 Å². The SMILES string of the molecule is CCCC[NH+](C)Cc1c(C)[nH]c2ccc(C(=O)OCCC)cc2c1=O. The molecule has 0 spiro atoms. The Balaban J connectivity index is 2.37. The number of carbonyl (C=O) groups excluding carboxylic acids is 1. The van der Waals surface area contributed by atoms with Gasteiger partial charge in [0, 0.05) is 16.6 Å². The summed E-state index contributed by atoms with van der Waals surface area (Å²) in [5.41, 5.74) is 2.87. The lowest BCUT2D eigenvalue weighted by Gasteiger charge is -2.15. The summed E-state index contributed by atoms with van der Waals surface area (Å²) in [7, 11) is 2.11. The predicted molar refractivity (Wildman–Crippen MR) is 100 cm³/mol. The van der Waals surface area contributed by atoms with Gasteiger partial charge in [-0.15, -0.1) is 0 Å². The zero-order valence-corrected chi connectivity index (χ0v) is 15.7. The molecule has 2 rings (SSSR count). The molecule has 0 bridgehead atoms. The molecule has 1 aromatic carbocycles. The molecule has 2 N–H and O–H groups in total. The van der Waals surface area contributed by atoms with Crippen LogP contribution >= 0.6 is 0 Å². The fourth-order valence-electron chi connectivity index (χ4n) is 2.94. The van der Waals surface area contributed by atoms with E-state index in [0.717, 1.165) is 42.6 Å². The molecule has 0 aliphatic carbocycles. The number of H-pyrrole nitrogens is 1. The number of hydrogen-bond acceptors (Lipinski definition) is 3. The van der Waals surface area contributed by atoms with Gasteiger partial charge in [-0.05, 0) is 38.0 Å². The van der Waals surface area contributed by atoms with Crippen molar-refractivity contribution in [3.63, 3.8) is 0 Å². The van der Waals surface area contributed by atoms with Crippen LogP contribution in [0.3, 0.4) is 0 Å². The molecule has 1 atom stereocenters. The van der Waals surface area contributed by atoms with Gasteiger partial charge < -0.3 is 14.6 Å². The number of pyridine rings is 1. The van der Waals surface area contributed by atoms with Crippen molar-refractivity contribution in [3.05, 3.63) is 45.2 Å². The highest BCUT2D eigenvalue weighted by Crippen LogP contribution is 2.14. The average Bonchev–Trinajstić information content (AvgIpc) is 2.61. The number of benzene rings is 1. The molecule has 136 valence electrons. The van der Waals surface area contributed by atoms with Gasteiger partial charge in [-0.2, -0.15) is 0 Å². The number of hydrogen-bond donors (Lipinski definition) is 2. The lowest BCUT2D eigenvalue weighted by molar-refractivity contribution is -0.894. The van der Waals surface area contributed by atoms with Crippen LogP contribution in [0.5, 0.6) is 0 Å². The largest absolute Gasteiger partial charge is 0.462 e. The number of esters is 1. The van der Waals surface area contributed by atoms with Crippen LogP contribution < -0.4 is 10.3 Å². The Morgan fingerprint density at radius 2 is 2.00 bits per heavy atom. The first-order chi connectivity index (χ1) is 12.0. The molecule has 0 saturated carbocycles. The van der Waals surface area contributed by atoms with Gasteiger partial charge in [-0.25, -0.2) is 4.79 Å². The topological polar surface area (TPSA) is 63.6 Å². The second-order valence-corrected chi connectivity index (χ2v) is 6.69. The van der Waals surface area contributed by atoms with Crippen molar-refractivity contribution in [2.75, 3.05) is 20.2 Å². The van der Waals surface area contributed by atoms with Crippen LogP contribution in [0.15, 0.2) is 23.0 Å². The van der Waals surface area contributed by atoms with E-state index in [1.54, 1.807) is 18.2 Å². The first kappa shape index (κ1) is 19.2. The highest BCUT2D eigenvalue weighted by Gasteiger charge is 2.15. The van der Waals surface area contributed by atoms with E-state index in [1.807, 2.05) is 13.8 Å². The minimum Gasteiger partial charge on any atom is -0.462 e. The Morgan fingerprint density at radius 1 is 1.24 bits per heavy atom. The summed E-state index contributed by atoms with van der Waals surface area (Å²) in [5, 5.41) is 0.551. The molecule has 5 heteroatoms. The highest BCUT2D eigenvalue weighted by atomic mass is 16.5. The zero-order chi connectivity index (χ0) is 18.4. The van der Waals surface area contributed by atoms with Crippen molar-refractivity contribution in [1.29, 1.82) is 0 Å². The van der Waals surface area contributed by atoms with Gasteiger partial charge in [0.2, 0.25) is 0 Å². The standard InChI is InChI=1S/C20H28N2O3/c1-5-7-10-22(4)13-17-14(3)21-18-9-8-15(12-16(18)19(17)23)20(24)25-11-6-2/h8-9,12H,5-7,10-11,13H2,1-4H3,(H,21,23)/p+1. The fourth-order valence-corrected chi connectivity index (χ4v) is 2.94. The normalized spacial score (nSPS) is 12.3. The molecule has 0 radical (unpaired) electrons. The summed E-state index contributed by atoms with van der Waals surface area (Å²) in [6.07, 6.45) is 3.06. The number of fused-ring (bicyclic) bond motifs is 1. The van der Waals surface area contributed by atoms with Crippen LogP contribution in [0.25, 0.3) is 10.9 Å². The molecule has 1 aromatic heterocycles. The average molecular weight is 345 g/mol. The predicted octanol–water partition coefficient (Wildman–Crippen LogP) is 2.22. The van der Waals surface area contributed by atoms with Crippen molar-refractivity contribution < 1.29 is 14.4 Å². The highest BCUT2D eigenvalue weighted by molar-refractivity contribution is 5.94. The van der Waals surface area contributed by atoms with Gasteiger partial charge >= 0.3 is 5.97 Å². The number of nitrogens with one attached hydrogen (secondary N) is 2. The van der Waals surface area contributed by atoms with E-state index in [1.165, 1.54) is 4.90 Å². The number of quaternary nitrogens is 1. The Hall–Kier alpha value is -2.14. The maximum Gasteiger partial charge on any atom is 0.338 e. The monoisotopic (exact) mass is 345 g/mol. The van der Waals surface area contributed by atoms with E-state index < -0.39 is 0 Å². The van der Waals surface area contributed by atoms with Gasteiger partial charge in [0.15, 0.2) is 5.43 Å². The summed E-state index contributed by atoms with van der Waals surface area (Å²) in [6.45, 7) is 8.16. The number of aromatic nitrogens is 1. The van der Waals surface area contributed by atoms with E-state index in [0.29, 0.717) is 24.1 Å². The second-order valence-electron chi connectivity index (χ2n) is 6.69. The van der Waals surface area contributed by atoms with E-state index in [9.17, 15) is 9.59 Å². The van der Waals surface area contributed by atoms with Crippen molar-refractivity contribution in [1.82, 2.24) is 4.98 Å². The Bertz CT molecular complexity index is 795. The lowest BCUT2D eigenvalue weighted by Crippen LogP contribution is -3.07. The van der Waals surface area contributed by atoms with Crippen LogP contribution in [-0.2, 0) is 11.3 Å². The molecular formula is C20H29N2O3+. The summed E-state index contributed by atoms with van der Waals surface area (Å²) in [4.78, 5) is 29.6. The van der Waals surface area contributed by atoms with Gasteiger partial charge in [-0.1, -0.05) is 20.3 Å². The van der Waals surface area contributed by atoms with Crippen molar-refractivity contribution in [3.8, 4) is 0 Å². The molecule has 0 aliphatic heterocycles. The number of aryl methyl sites for hydroxylation is 1. The van der Waals surface area contributed by atoms with Crippen molar-refractivity contribution in [2.45, 2.75) is 46.6 Å². The van der Waals surface area contributed by atoms with E-state index in [2.05, 4.69) is 19.0 Å². The number of rotatable bonds is 8. The minimum atomic E-state index is -0.379. The van der Waals surface area contributed by atoms with Crippen molar-refractivity contribution >= 4 is 16.9 Å². The molecule has 0 fully saturated rings. The van der Waals surface area contributed by atoms with E-state index in [4.69, 9.17) is 4.74 Å². The zero-order valence-electron chi connectivity index (χ0n) is 15.7. The summed E-state index contributed by atoms with van der Waals surface area (Å²) >= 11 is 0.